The molecule has 1 heterocycles. The van der Waals surface area contributed by atoms with Gasteiger partial charge in [-0.2, -0.15) is 0 Å². The van der Waals surface area contributed by atoms with Crippen LogP contribution < -0.4 is 10.6 Å². The predicted octanol–water partition coefficient (Wildman–Crippen LogP) is 2.43. The number of carbonyl (C=O) groups excluding carboxylic acids is 1. The van der Waals surface area contributed by atoms with Crippen LogP contribution in [0.2, 0.25) is 0 Å². The minimum atomic E-state index is -0.0289. The van der Waals surface area contributed by atoms with Crippen LogP contribution in [0, 0.1) is 5.41 Å². The Hall–Kier alpha value is -1.58. The standard InChI is InChI=1S/C14H21N3O/c1-3-14(7-8-14)10-17-13(18)11-6-5-9-16-12(11)15-4-2/h5-6,9H,3-4,7-8,10H2,1-2H3,(H,15,16)(H,17,18). The van der Waals surface area contributed by atoms with Crippen molar-refractivity contribution in [3.05, 3.63) is 23.9 Å². The van der Waals surface area contributed by atoms with Crippen molar-refractivity contribution in [1.82, 2.24) is 10.3 Å². The zero-order valence-corrected chi connectivity index (χ0v) is 11.1. The summed E-state index contributed by atoms with van der Waals surface area (Å²) in [6.45, 7) is 5.72. The summed E-state index contributed by atoms with van der Waals surface area (Å²) >= 11 is 0. The number of amides is 1. The van der Waals surface area contributed by atoms with Crippen LogP contribution in [0.25, 0.3) is 0 Å². The van der Waals surface area contributed by atoms with E-state index in [9.17, 15) is 4.79 Å². The molecule has 1 aromatic rings. The van der Waals surface area contributed by atoms with Gasteiger partial charge in [0.25, 0.3) is 5.91 Å². The molecule has 98 valence electrons. The second-order valence-corrected chi connectivity index (χ2v) is 4.97. The van der Waals surface area contributed by atoms with Gasteiger partial charge in [-0.3, -0.25) is 4.79 Å². The van der Waals surface area contributed by atoms with E-state index in [2.05, 4.69) is 22.5 Å². The van der Waals surface area contributed by atoms with Crippen LogP contribution in [-0.2, 0) is 0 Å². The van der Waals surface area contributed by atoms with Crippen LogP contribution >= 0.6 is 0 Å². The largest absolute Gasteiger partial charge is 0.370 e. The molecule has 0 saturated heterocycles. The molecule has 0 bridgehead atoms. The van der Waals surface area contributed by atoms with Crippen LogP contribution in [0.4, 0.5) is 5.82 Å². The van der Waals surface area contributed by atoms with Gasteiger partial charge in [-0.1, -0.05) is 6.92 Å². The second-order valence-electron chi connectivity index (χ2n) is 4.97. The first kappa shape index (κ1) is 12.9. The van der Waals surface area contributed by atoms with Gasteiger partial charge in [0.15, 0.2) is 0 Å². The number of nitrogens with one attached hydrogen (secondary N) is 2. The SMILES string of the molecule is CCNc1ncccc1C(=O)NCC1(CC)CC1. The molecule has 0 unspecified atom stereocenters. The lowest BCUT2D eigenvalue weighted by atomic mass is 10.0. The summed E-state index contributed by atoms with van der Waals surface area (Å²) in [4.78, 5) is 16.3. The summed E-state index contributed by atoms with van der Waals surface area (Å²) in [6, 6.07) is 3.61. The maximum Gasteiger partial charge on any atom is 0.255 e. The Morgan fingerprint density at radius 2 is 2.22 bits per heavy atom. The van der Waals surface area contributed by atoms with Crippen molar-refractivity contribution in [2.75, 3.05) is 18.4 Å². The molecular formula is C14H21N3O. The van der Waals surface area contributed by atoms with Crippen LogP contribution in [0.15, 0.2) is 18.3 Å². The minimum Gasteiger partial charge on any atom is -0.370 e. The van der Waals surface area contributed by atoms with Crippen molar-refractivity contribution >= 4 is 11.7 Å². The number of hydrogen-bond acceptors (Lipinski definition) is 3. The third-order valence-electron chi connectivity index (χ3n) is 3.73. The third kappa shape index (κ3) is 2.81. The zero-order valence-electron chi connectivity index (χ0n) is 11.1. The maximum absolute atomic E-state index is 12.1. The highest BCUT2D eigenvalue weighted by atomic mass is 16.1. The Morgan fingerprint density at radius 1 is 1.44 bits per heavy atom. The number of carbonyl (C=O) groups is 1. The maximum atomic E-state index is 12.1. The molecule has 4 heteroatoms. The first-order chi connectivity index (χ1) is 8.71. The predicted molar refractivity (Wildman–Crippen MR) is 72.7 cm³/mol. The minimum absolute atomic E-state index is 0.0289. The van der Waals surface area contributed by atoms with Crippen molar-refractivity contribution in [3.63, 3.8) is 0 Å². The number of anilines is 1. The number of nitrogens with zero attached hydrogens (tertiary/aromatic N) is 1. The first-order valence-corrected chi connectivity index (χ1v) is 6.68. The van der Waals surface area contributed by atoms with Crippen molar-refractivity contribution in [2.45, 2.75) is 33.1 Å². The van der Waals surface area contributed by atoms with E-state index in [4.69, 9.17) is 0 Å². The van der Waals surface area contributed by atoms with Crippen molar-refractivity contribution in [1.29, 1.82) is 0 Å². The lowest BCUT2D eigenvalue weighted by Crippen LogP contribution is -2.30. The van der Waals surface area contributed by atoms with Gasteiger partial charge in [0.1, 0.15) is 5.82 Å². The molecule has 2 rings (SSSR count). The van der Waals surface area contributed by atoms with E-state index in [0.717, 1.165) is 19.5 Å². The van der Waals surface area contributed by atoms with E-state index < -0.39 is 0 Å². The van der Waals surface area contributed by atoms with Crippen LogP contribution in [0.3, 0.4) is 0 Å². The lowest BCUT2D eigenvalue weighted by Gasteiger charge is -2.14. The Morgan fingerprint density at radius 3 is 2.83 bits per heavy atom. The van der Waals surface area contributed by atoms with E-state index in [1.54, 1.807) is 12.3 Å². The molecule has 0 radical (unpaired) electrons. The molecule has 4 nitrogen and oxygen atoms in total. The van der Waals surface area contributed by atoms with Gasteiger partial charge in [-0.15, -0.1) is 0 Å². The van der Waals surface area contributed by atoms with Gasteiger partial charge in [0, 0.05) is 19.3 Å². The summed E-state index contributed by atoms with van der Waals surface area (Å²) in [7, 11) is 0. The van der Waals surface area contributed by atoms with Crippen LogP contribution in [-0.4, -0.2) is 24.0 Å². The van der Waals surface area contributed by atoms with Crippen molar-refractivity contribution in [2.24, 2.45) is 5.41 Å². The lowest BCUT2D eigenvalue weighted by molar-refractivity contribution is 0.0945. The number of pyridine rings is 1. The fraction of sp³-hybridized carbons (Fsp3) is 0.571. The molecule has 1 aliphatic rings. The van der Waals surface area contributed by atoms with Gasteiger partial charge in [-0.05, 0) is 43.7 Å². The monoisotopic (exact) mass is 247 g/mol. The Balaban J connectivity index is 2.00. The normalized spacial score (nSPS) is 16.1. The molecule has 1 amide bonds. The second kappa shape index (κ2) is 5.38. The Bertz CT molecular complexity index is 427. The van der Waals surface area contributed by atoms with E-state index in [1.165, 1.54) is 12.8 Å². The molecule has 1 aliphatic carbocycles. The average molecular weight is 247 g/mol. The van der Waals surface area contributed by atoms with E-state index in [1.807, 2.05) is 13.0 Å². The third-order valence-corrected chi connectivity index (χ3v) is 3.73. The highest BCUT2D eigenvalue weighted by molar-refractivity contribution is 5.98. The topological polar surface area (TPSA) is 54.0 Å². The van der Waals surface area contributed by atoms with Crippen molar-refractivity contribution in [3.8, 4) is 0 Å². The zero-order chi connectivity index (χ0) is 13.0. The molecule has 0 aliphatic heterocycles. The first-order valence-electron chi connectivity index (χ1n) is 6.68. The van der Waals surface area contributed by atoms with Crippen LogP contribution in [0.1, 0.15) is 43.5 Å². The Kier molecular flexibility index (Phi) is 3.84. The molecule has 0 spiro atoms. The summed E-state index contributed by atoms with van der Waals surface area (Å²) in [5.41, 5.74) is 1.00. The van der Waals surface area contributed by atoms with Gasteiger partial charge >= 0.3 is 0 Å². The summed E-state index contributed by atoms with van der Waals surface area (Å²) in [5.74, 6) is 0.637. The summed E-state index contributed by atoms with van der Waals surface area (Å²) < 4.78 is 0. The number of hydrogen-bond donors (Lipinski definition) is 2. The fourth-order valence-corrected chi connectivity index (χ4v) is 2.09. The van der Waals surface area contributed by atoms with E-state index in [0.29, 0.717) is 16.8 Å². The Labute approximate surface area is 108 Å². The fourth-order valence-electron chi connectivity index (χ4n) is 2.09. The average Bonchev–Trinajstić information content (AvgIpc) is 3.18. The van der Waals surface area contributed by atoms with Crippen LogP contribution in [0.5, 0.6) is 0 Å². The smallest absolute Gasteiger partial charge is 0.255 e. The number of rotatable bonds is 6. The highest BCUT2D eigenvalue weighted by Crippen LogP contribution is 2.47. The van der Waals surface area contributed by atoms with E-state index in [-0.39, 0.29) is 5.91 Å². The van der Waals surface area contributed by atoms with Gasteiger partial charge < -0.3 is 10.6 Å². The van der Waals surface area contributed by atoms with E-state index >= 15 is 0 Å². The molecule has 2 N–H and O–H groups in total. The molecule has 18 heavy (non-hydrogen) atoms. The van der Waals surface area contributed by atoms with Gasteiger partial charge in [0.2, 0.25) is 0 Å². The summed E-state index contributed by atoms with van der Waals surface area (Å²) in [6.07, 6.45) is 5.30. The molecule has 0 aromatic carbocycles. The molecular weight excluding hydrogens is 226 g/mol. The quantitative estimate of drug-likeness (QED) is 0.811. The number of aromatic nitrogens is 1. The molecule has 1 aromatic heterocycles. The van der Waals surface area contributed by atoms with Gasteiger partial charge in [-0.25, -0.2) is 4.98 Å². The molecule has 1 fully saturated rings. The van der Waals surface area contributed by atoms with Crippen molar-refractivity contribution < 1.29 is 4.79 Å². The molecule has 1 saturated carbocycles. The summed E-state index contributed by atoms with van der Waals surface area (Å²) in [5, 5.41) is 6.14. The molecule has 0 atom stereocenters. The highest BCUT2D eigenvalue weighted by Gasteiger charge is 2.40. The van der Waals surface area contributed by atoms with Gasteiger partial charge in [0.05, 0.1) is 5.56 Å².